The van der Waals surface area contributed by atoms with E-state index in [1.54, 1.807) is 26.0 Å². The van der Waals surface area contributed by atoms with Crippen molar-refractivity contribution < 1.29 is 19.1 Å². The van der Waals surface area contributed by atoms with E-state index in [9.17, 15) is 9.59 Å². The normalized spacial score (nSPS) is 11.5. The Morgan fingerprint density at radius 3 is 2.53 bits per heavy atom. The van der Waals surface area contributed by atoms with Crippen LogP contribution in [0.15, 0.2) is 28.7 Å². The molecule has 1 rings (SSSR count). The van der Waals surface area contributed by atoms with Crippen LogP contribution in [0.2, 0.25) is 0 Å². The first kappa shape index (κ1) is 15.5. The average molecular weight is 330 g/mol. The molecule has 5 nitrogen and oxygen atoms in total. The number of rotatable bonds is 6. The minimum atomic E-state index is -0.680. The molecule has 0 aliphatic rings. The molecule has 19 heavy (non-hydrogen) atoms. The number of hydrogen-bond donors (Lipinski definition) is 1. The Kier molecular flexibility index (Phi) is 6.35. The van der Waals surface area contributed by atoms with Crippen molar-refractivity contribution in [2.24, 2.45) is 0 Å². The molecule has 0 spiro atoms. The van der Waals surface area contributed by atoms with E-state index >= 15 is 0 Å². The maximum Gasteiger partial charge on any atom is 0.328 e. The van der Waals surface area contributed by atoms with E-state index in [1.165, 1.54) is 0 Å². The van der Waals surface area contributed by atoms with Gasteiger partial charge in [0.1, 0.15) is 11.8 Å². The van der Waals surface area contributed by atoms with E-state index in [-0.39, 0.29) is 19.1 Å². The van der Waals surface area contributed by atoms with Crippen LogP contribution in [-0.4, -0.2) is 31.1 Å². The first-order chi connectivity index (χ1) is 9.02. The lowest BCUT2D eigenvalue weighted by Gasteiger charge is -2.13. The van der Waals surface area contributed by atoms with E-state index in [0.717, 1.165) is 4.47 Å². The van der Waals surface area contributed by atoms with Crippen molar-refractivity contribution in [2.75, 3.05) is 13.2 Å². The number of hydrogen-bond acceptors (Lipinski definition) is 4. The van der Waals surface area contributed by atoms with Crippen molar-refractivity contribution in [1.29, 1.82) is 0 Å². The van der Waals surface area contributed by atoms with Gasteiger partial charge in [-0.15, -0.1) is 0 Å². The van der Waals surface area contributed by atoms with Crippen LogP contribution >= 0.6 is 15.9 Å². The summed E-state index contributed by atoms with van der Waals surface area (Å²) >= 11 is 3.30. The SMILES string of the molecule is CCOC(=O)C(C)NC(=O)COc1ccc(Br)cc1. The van der Waals surface area contributed by atoms with Crippen molar-refractivity contribution in [3.8, 4) is 5.75 Å². The molecule has 0 bridgehead atoms. The molecule has 0 fully saturated rings. The summed E-state index contributed by atoms with van der Waals surface area (Å²) in [6, 6.07) is 6.43. The summed E-state index contributed by atoms with van der Waals surface area (Å²) in [6.45, 7) is 3.42. The predicted octanol–water partition coefficient (Wildman–Crippen LogP) is 1.90. The molecule has 0 heterocycles. The summed E-state index contributed by atoms with van der Waals surface area (Å²) < 4.78 is 11.0. The van der Waals surface area contributed by atoms with Crippen molar-refractivity contribution in [3.05, 3.63) is 28.7 Å². The van der Waals surface area contributed by atoms with Gasteiger partial charge in [0.05, 0.1) is 6.61 Å². The molecule has 0 aromatic heterocycles. The topological polar surface area (TPSA) is 64.6 Å². The quantitative estimate of drug-likeness (QED) is 0.809. The molecule has 6 heteroatoms. The number of halogens is 1. The fraction of sp³-hybridized carbons (Fsp3) is 0.385. The van der Waals surface area contributed by atoms with Gasteiger partial charge in [-0.3, -0.25) is 4.79 Å². The molecule has 0 saturated heterocycles. The number of carbonyl (C=O) groups is 2. The molecule has 1 aromatic rings. The van der Waals surface area contributed by atoms with E-state index in [0.29, 0.717) is 5.75 Å². The van der Waals surface area contributed by atoms with Crippen LogP contribution in [0.5, 0.6) is 5.75 Å². The fourth-order valence-corrected chi connectivity index (χ4v) is 1.55. The Morgan fingerprint density at radius 1 is 1.32 bits per heavy atom. The lowest BCUT2D eigenvalue weighted by atomic mass is 10.3. The highest BCUT2D eigenvalue weighted by atomic mass is 79.9. The Balaban J connectivity index is 2.35. The highest BCUT2D eigenvalue weighted by Crippen LogP contribution is 2.15. The highest BCUT2D eigenvalue weighted by Gasteiger charge is 2.16. The van der Waals surface area contributed by atoms with Crippen LogP contribution in [-0.2, 0) is 14.3 Å². The second-order valence-electron chi connectivity index (χ2n) is 3.78. The van der Waals surface area contributed by atoms with Crippen molar-refractivity contribution in [1.82, 2.24) is 5.32 Å². The second-order valence-corrected chi connectivity index (χ2v) is 4.70. The second kappa shape index (κ2) is 7.78. The molecule has 1 aromatic carbocycles. The number of amides is 1. The van der Waals surface area contributed by atoms with Gasteiger partial charge in [-0.2, -0.15) is 0 Å². The lowest BCUT2D eigenvalue weighted by molar-refractivity contribution is -0.147. The highest BCUT2D eigenvalue weighted by molar-refractivity contribution is 9.10. The number of esters is 1. The number of ether oxygens (including phenoxy) is 2. The van der Waals surface area contributed by atoms with Crippen LogP contribution in [0.1, 0.15) is 13.8 Å². The molecule has 0 saturated carbocycles. The molecular formula is C13H16BrNO4. The van der Waals surface area contributed by atoms with Gasteiger partial charge in [-0.25, -0.2) is 4.79 Å². The van der Waals surface area contributed by atoms with Gasteiger partial charge in [0.15, 0.2) is 6.61 Å². The molecule has 0 aliphatic heterocycles. The summed E-state index contributed by atoms with van der Waals surface area (Å²) in [5.74, 6) is -0.245. The zero-order valence-corrected chi connectivity index (χ0v) is 12.4. The lowest BCUT2D eigenvalue weighted by Crippen LogP contribution is -2.41. The maximum atomic E-state index is 11.5. The Morgan fingerprint density at radius 2 is 1.95 bits per heavy atom. The third-order valence-electron chi connectivity index (χ3n) is 2.20. The first-order valence-electron chi connectivity index (χ1n) is 5.87. The van der Waals surface area contributed by atoms with Gasteiger partial charge in [0.2, 0.25) is 0 Å². The smallest absolute Gasteiger partial charge is 0.328 e. The molecule has 104 valence electrons. The Hall–Kier alpha value is -1.56. The molecule has 1 atom stereocenters. The minimum Gasteiger partial charge on any atom is -0.484 e. The standard InChI is InChI=1S/C13H16BrNO4/c1-3-18-13(17)9(2)15-12(16)8-19-11-6-4-10(14)5-7-11/h4-7,9H,3,8H2,1-2H3,(H,15,16). The number of benzene rings is 1. The van der Waals surface area contributed by atoms with Crippen LogP contribution in [0.25, 0.3) is 0 Å². The van der Waals surface area contributed by atoms with E-state index in [4.69, 9.17) is 9.47 Å². The van der Waals surface area contributed by atoms with Crippen molar-refractivity contribution >= 4 is 27.8 Å². The van der Waals surface area contributed by atoms with Gasteiger partial charge in [0.25, 0.3) is 5.91 Å². The van der Waals surface area contributed by atoms with Gasteiger partial charge in [-0.05, 0) is 38.1 Å². The Labute approximate surface area is 120 Å². The Bertz CT molecular complexity index is 433. The fourth-order valence-electron chi connectivity index (χ4n) is 1.29. The predicted molar refractivity (Wildman–Crippen MR) is 73.9 cm³/mol. The summed E-state index contributed by atoms with van der Waals surface area (Å²) in [5.41, 5.74) is 0. The molecular weight excluding hydrogens is 314 g/mol. The summed E-state index contributed by atoms with van der Waals surface area (Å²) in [6.07, 6.45) is 0. The minimum absolute atomic E-state index is 0.147. The third-order valence-corrected chi connectivity index (χ3v) is 2.73. The number of nitrogens with one attached hydrogen (secondary N) is 1. The van der Waals surface area contributed by atoms with Crippen molar-refractivity contribution in [2.45, 2.75) is 19.9 Å². The van der Waals surface area contributed by atoms with Gasteiger partial charge in [0, 0.05) is 4.47 Å². The molecule has 1 N–H and O–H groups in total. The zero-order chi connectivity index (χ0) is 14.3. The maximum absolute atomic E-state index is 11.5. The largest absolute Gasteiger partial charge is 0.484 e. The molecule has 1 unspecified atom stereocenters. The molecule has 0 aliphatic carbocycles. The summed E-state index contributed by atoms with van der Waals surface area (Å²) in [7, 11) is 0. The van der Waals surface area contributed by atoms with Gasteiger partial charge < -0.3 is 14.8 Å². The van der Waals surface area contributed by atoms with Gasteiger partial charge in [-0.1, -0.05) is 15.9 Å². The van der Waals surface area contributed by atoms with Crippen LogP contribution in [0.4, 0.5) is 0 Å². The monoisotopic (exact) mass is 329 g/mol. The number of carbonyl (C=O) groups excluding carboxylic acids is 2. The average Bonchev–Trinajstić information content (AvgIpc) is 2.38. The zero-order valence-electron chi connectivity index (χ0n) is 10.8. The van der Waals surface area contributed by atoms with Crippen LogP contribution in [0, 0.1) is 0 Å². The van der Waals surface area contributed by atoms with E-state index in [1.807, 2.05) is 12.1 Å². The van der Waals surface area contributed by atoms with E-state index < -0.39 is 12.0 Å². The third kappa shape index (κ3) is 5.74. The summed E-state index contributed by atoms with van der Waals surface area (Å²) in [4.78, 5) is 22.9. The summed E-state index contributed by atoms with van der Waals surface area (Å²) in [5, 5.41) is 2.50. The molecule has 1 amide bonds. The van der Waals surface area contributed by atoms with Crippen LogP contribution in [0.3, 0.4) is 0 Å². The van der Waals surface area contributed by atoms with E-state index in [2.05, 4.69) is 21.2 Å². The first-order valence-corrected chi connectivity index (χ1v) is 6.66. The van der Waals surface area contributed by atoms with Crippen molar-refractivity contribution in [3.63, 3.8) is 0 Å². The van der Waals surface area contributed by atoms with Crippen LogP contribution < -0.4 is 10.1 Å². The molecule has 0 radical (unpaired) electrons. The van der Waals surface area contributed by atoms with Gasteiger partial charge >= 0.3 is 5.97 Å².